The lowest BCUT2D eigenvalue weighted by atomic mass is 10.3. The Balaban J connectivity index is 1.94. The average molecular weight is 338 g/mol. The number of halogens is 1. The molecule has 0 radical (unpaired) electrons. The maximum Gasteiger partial charge on any atom is 0.268 e. The molecule has 21 heavy (non-hydrogen) atoms. The van der Waals surface area contributed by atoms with E-state index in [1.807, 2.05) is 17.5 Å². The first-order valence-electron chi connectivity index (χ1n) is 5.83. The molecule has 1 N–H and O–H groups in total. The largest absolute Gasteiger partial charge is 0.357 e. The Kier molecular flexibility index (Phi) is 3.63. The Morgan fingerprint density at radius 2 is 2.38 bits per heavy atom. The highest BCUT2D eigenvalue weighted by atomic mass is 35.5. The average Bonchev–Trinajstić information content (AvgIpc) is 3.04. The Morgan fingerprint density at radius 3 is 3.14 bits per heavy atom. The molecule has 6 nitrogen and oxygen atoms in total. The van der Waals surface area contributed by atoms with Crippen LogP contribution in [-0.4, -0.2) is 21.4 Å². The Hall–Kier alpha value is -1.95. The van der Waals surface area contributed by atoms with E-state index in [1.165, 1.54) is 11.3 Å². The number of fused-ring (bicyclic) bond motifs is 1. The number of nitrogens with one attached hydrogen (secondary N) is 1. The van der Waals surface area contributed by atoms with Crippen LogP contribution in [0, 0.1) is 11.3 Å². The van der Waals surface area contributed by atoms with Crippen molar-refractivity contribution in [2.45, 2.75) is 6.54 Å². The van der Waals surface area contributed by atoms with Crippen LogP contribution < -0.4 is 10.5 Å². The number of nitrogens with zero attached hydrogens (tertiary/aromatic N) is 4. The van der Waals surface area contributed by atoms with Gasteiger partial charge in [-0.3, -0.25) is 4.79 Å². The van der Waals surface area contributed by atoms with Crippen molar-refractivity contribution < 1.29 is 0 Å². The van der Waals surface area contributed by atoms with Crippen LogP contribution in [0.1, 0.15) is 11.4 Å². The summed E-state index contributed by atoms with van der Waals surface area (Å²) in [4.78, 5) is 20.9. The van der Waals surface area contributed by atoms with E-state index in [2.05, 4.69) is 14.3 Å². The minimum absolute atomic E-state index is 0.152. The fourth-order valence-electron chi connectivity index (χ4n) is 1.91. The van der Waals surface area contributed by atoms with Crippen LogP contribution >= 0.6 is 34.5 Å². The molecule has 0 aliphatic rings. The lowest BCUT2D eigenvalue weighted by molar-refractivity contribution is 0.847. The van der Waals surface area contributed by atoms with Gasteiger partial charge in [-0.25, -0.2) is 4.98 Å². The predicted molar refractivity (Wildman–Crippen MR) is 84.2 cm³/mol. The van der Waals surface area contributed by atoms with Crippen LogP contribution in [0.5, 0.6) is 0 Å². The second-order valence-corrected chi connectivity index (χ2v) is 6.29. The van der Waals surface area contributed by atoms with Gasteiger partial charge in [-0.1, -0.05) is 11.6 Å². The van der Waals surface area contributed by atoms with E-state index >= 15 is 0 Å². The third-order valence-electron chi connectivity index (χ3n) is 2.84. The van der Waals surface area contributed by atoms with E-state index in [1.54, 1.807) is 11.9 Å². The van der Waals surface area contributed by atoms with E-state index in [-0.39, 0.29) is 10.7 Å². The van der Waals surface area contributed by atoms with Gasteiger partial charge in [0.2, 0.25) is 0 Å². The number of anilines is 1. The van der Waals surface area contributed by atoms with Gasteiger partial charge in [0.15, 0.2) is 5.15 Å². The summed E-state index contributed by atoms with van der Waals surface area (Å²) in [5.41, 5.74) is 0.861. The zero-order valence-corrected chi connectivity index (χ0v) is 13.1. The van der Waals surface area contributed by atoms with Crippen molar-refractivity contribution in [2.75, 3.05) is 11.9 Å². The van der Waals surface area contributed by atoms with Crippen molar-refractivity contribution in [3.8, 4) is 6.07 Å². The number of thiophene rings is 1. The normalized spacial score (nSPS) is 10.7. The van der Waals surface area contributed by atoms with Crippen molar-refractivity contribution in [1.82, 2.24) is 14.3 Å². The minimum Gasteiger partial charge on any atom is -0.357 e. The van der Waals surface area contributed by atoms with E-state index in [9.17, 15) is 4.79 Å². The van der Waals surface area contributed by atoms with Crippen LogP contribution in [-0.2, 0) is 6.54 Å². The van der Waals surface area contributed by atoms with Crippen molar-refractivity contribution >= 4 is 49.7 Å². The molecule has 3 heterocycles. The molecule has 3 aromatic rings. The first-order valence-corrected chi connectivity index (χ1v) is 7.86. The molecule has 0 saturated heterocycles. The van der Waals surface area contributed by atoms with Gasteiger partial charge >= 0.3 is 0 Å². The lowest BCUT2D eigenvalue weighted by Gasteiger charge is -2.16. The smallest absolute Gasteiger partial charge is 0.268 e. The van der Waals surface area contributed by atoms with Crippen LogP contribution in [0.2, 0.25) is 5.15 Å². The number of aromatic amines is 1. The van der Waals surface area contributed by atoms with Gasteiger partial charge in [-0.15, -0.1) is 11.3 Å². The molecule has 0 unspecified atom stereocenters. The summed E-state index contributed by atoms with van der Waals surface area (Å²) in [6, 6.07) is 3.84. The number of H-pyrrole nitrogens is 1. The minimum atomic E-state index is -0.152. The molecule has 0 fully saturated rings. The van der Waals surface area contributed by atoms with Crippen LogP contribution in [0.3, 0.4) is 0 Å². The standard InChI is InChI=1S/C12H8ClN5OS2/c1-18(12-6(4-14)10(13)17-21-12)5-8-15-7-2-3-20-9(7)11(19)16-8/h2-3H,5H2,1H3,(H,15,16,19). The molecule has 0 aliphatic heterocycles. The number of aromatic nitrogens is 3. The summed E-state index contributed by atoms with van der Waals surface area (Å²) in [7, 11) is 1.79. The lowest BCUT2D eigenvalue weighted by Crippen LogP contribution is -2.21. The topological polar surface area (TPSA) is 85.7 Å². The highest BCUT2D eigenvalue weighted by molar-refractivity contribution is 7.17. The van der Waals surface area contributed by atoms with E-state index < -0.39 is 0 Å². The summed E-state index contributed by atoms with van der Waals surface area (Å²) in [6.45, 7) is 0.355. The maximum atomic E-state index is 11.9. The molecule has 0 spiro atoms. The molecule has 3 rings (SSSR count). The van der Waals surface area contributed by atoms with Gasteiger partial charge in [0, 0.05) is 7.05 Å². The van der Waals surface area contributed by atoms with Gasteiger partial charge in [-0.05, 0) is 23.0 Å². The van der Waals surface area contributed by atoms with Crippen molar-refractivity contribution in [1.29, 1.82) is 5.26 Å². The maximum absolute atomic E-state index is 11.9. The molecule has 9 heteroatoms. The first kappa shape index (κ1) is 14.0. The van der Waals surface area contributed by atoms with E-state index in [4.69, 9.17) is 16.9 Å². The predicted octanol–water partition coefficient (Wildman–Crippen LogP) is 2.60. The van der Waals surface area contributed by atoms with Crippen LogP contribution in [0.15, 0.2) is 16.2 Å². The van der Waals surface area contributed by atoms with Gasteiger partial charge in [-0.2, -0.15) is 9.64 Å². The van der Waals surface area contributed by atoms with Gasteiger partial charge in [0.25, 0.3) is 5.56 Å². The highest BCUT2D eigenvalue weighted by Crippen LogP contribution is 2.30. The van der Waals surface area contributed by atoms with Gasteiger partial charge in [0.05, 0.1) is 12.1 Å². The van der Waals surface area contributed by atoms with Crippen molar-refractivity contribution in [3.05, 3.63) is 38.3 Å². The Bertz CT molecular complexity index is 906. The number of hydrogen-bond acceptors (Lipinski definition) is 7. The molecular weight excluding hydrogens is 330 g/mol. The van der Waals surface area contributed by atoms with Crippen molar-refractivity contribution in [3.63, 3.8) is 0 Å². The molecule has 0 amide bonds. The third kappa shape index (κ3) is 2.51. The number of hydrogen-bond donors (Lipinski definition) is 1. The molecule has 0 atom stereocenters. The summed E-state index contributed by atoms with van der Waals surface area (Å²) < 4.78 is 4.57. The van der Waals surface area contributed by atoms with Crippen LogP contribution in [0.4, 0.5) is 5.00 Å². The van der Waals surface area contributed by atoms with E-state index in [0.717, 1.165) is 11.5 Å². The molecular formula is C12H8ClN5OS2. The van der Waals surface area contributed by atoms with Crippen molar-refractivity contribution in [2.24, 2.45) is 0 Å². The second-order valence-electron chi connectivity index (χ2n) is 4.27. The molecule has 0 aromatic carbocycles. The molecule has 0 saturated carbocycles. The fourth-order valence-corrected chi connectivity index (χ4v) is 3.62. The zero-order valence-electron chi connectivity index (χ0n) is 10.8. The van der Waals surface area contributed by atoms with Gasteiger partial charge < -0.3 is 9.88 Å². The summed E-state index contributed by atoms with van der Waals surface area (Å²) in [6.07, 6.45) is 0. The SMILES string of the molecule is CN(Cc1nc2ccsc2c(=O)[nH]1)c1snc(Cl)c1C#N. The number of nitriles is 1. The van der Waals surface area contributed by atoms with Gasteiger partial charge in [0.1, 0.15) is 27.2 Å². The Labute approximate surface area is 132 Å². The zero-order chi connectivity index (χ0) is 15.0. The fraction of sp³-hybridized carbons (Fsp3) is 0.167. The summed E-state index contributed by atoms with van der Waals surface area (Å²) in [5, 5.41) is 11.8. The van der Waals surface area contributed by atoms with E-state index in [0.29, 0.717) is 33.2 Å². The molecule has 0 aliphatic carbocycles. The number of rotatable bonds is 3. The molecule has 106 valence electrons. The quantitative estimate of drug-likeness (QED) is 0.794. The summed E-state index contributed by atoms with van der Waals surface area (Å²) >= 11 is 8.36. The Morgan fingerprint density at radius 1 is 1.57 bits per heavy atom. The second kappa shape index (κ2) is 5.44. The third-order valence-corrected chi connectivity index (χ3v) is 5.08. The molecule has 3 aromatic heterocycles. The molecule has 0 bridgehead atoms. The highest BCUT2D eigenvalue weighted by Gasteiger charge is 2.17. The first-order chi connectivity index (χ1) is 10.1. The van der Waals surface area contributed by atoms with Crippen LogP contribution in [0.25, 0.3) is 10.2 Å². The summed E-state index contributed by atoms with van der Waals surface area (Å²) in [5.74, 6) is 0.529. The monoisotopic (exact) mass is 337 g/mol.